The fourth-order valence-electron chi connectivity index (χ4n) is 1.32. The van der Waals surface area contributed by atoms with Gasteiger partial charge in [0, 0.05) is 19.8 Å². The number of hydrogen-bond donors (Lipinski definition) is 3. The van der Waals surface area contributed by atoms with Crippen LogP contribution >= 0.6 is 0 Å². The number of likely N-dealkylation sites (N-methyl/N-ethyl adjacent to an activating group) is 1. The van der Waals surface area contributed by atoms with Crippen molar-refractivity contribution in [3.05, 3.63) is 18.3 Å². The Kier molecular flexibility index (Phi) is 5.71. The zero-order valence-corrected chi connectivity index (χ0v) is 11.8. The SMILES string of the molecule is CCCNc1cccnc1S(=O)(=O)NCC(=O)NC. The van der Waals surface area contributed by atoms with Crippen molar-refractivity contribution < 1.29 is 13.2 Å². The minimum Gasteiger partial charge on any atom is -0.383 e. The minimum absolute atomic E-state index is 0.104. The highest BCUT2D eigenvalue weighted by Gasteiger charge is 2.20. The van der Waals surface area contributed by atoms with Gasteiger partial charge in [0.25, 0.3) is 10.0 Å². The van der Waals surface area contributed by atoms with E-state index in [0.717, 1.165) is 6.42 Å². The summed E-state index contributed by atoms with van der Waals surface area (Å²) in [5, 5.41) is 5.22. The molecular weight excluding hydrogens is 268 g/mol. The Labute approximate surface area is 112 Å². The highest BCUT2D eigenvalue weighted by atomic mass is 32.2. The van der Waals surface area contributed by atoms with Crippen LogP contribution in [0, 0.1) is 0 Å². The molecule has 0 aliphatic heterocycles. The van der Waals surface area contributed by atoms with Gasteiger partial charge < -0.3 is 10.6 Å². The molecule has 1 rings (SSSR count). The molecule has 19 heavy (non-hydrogen) atoms. The van der Waals surface area contributed by atoms with Crippen LogP contribution in [0.15, 0.2) is 23.4 Å². The third kappa shape index (κ3) is 4.49. The van der Waals surface area contributed by atoms with E-state index in [1.807, 2.05) is 6.92 Å². The molecule has 3 N–H and O–H groups in total. The molecule has 0 fully saturated rings. The molecule has 0 aliphatic rings. The number of hydrogen-bond acceptors (Lipinski definition) is 5. The Hall–Kier alpha value is -1.67. The van der Waals surface area contributed by atoms with Crippen LogP contribution in [0.25, 0.3) is 0 Å². The van der Waals surface area contributed by atoms with E-state index in [4.69, 9.17) is 0 Å². The van der Waals surface area contributed by atoms with Crippen LogP contribution in [0.4, 0.5) is 5.69 Å². The van der Waals surface area contributed by atoms with Crippen LogP contribution in [-0.2, 0) is 14.8 Å². The van der Waals surface area contributed by atoms with Crippen molar-refractivity contribution in [1.29, 1.82) is 0 Å². The Morgan fingerprint density at radius 2 is 2.16 bits per heavy atom. The molecule has 0 saturated carbocycles. The number of carbonyl (C=O) groups excluding carboxylic acids is 1. The van der Waals surface area contributed by atoms with Gasteiger partial charge in [-0.3, -0.25) is 4.79 Å². The van der Waals surface area contributed by atoms with Crippen LogP contribution in [0.2, 0.25) is 0 Å². The van der Waals surface area contributed by atoms with Gasteiger partial charge in [0.15, 0.2) is 5.03 Å². The van der Waals surface area contributed by atoms with Crippen molar-refractivity contribution in [1.82, 2.24) is 15.0 Å². The first-order chi connectivity index (χ1) is 9.01. The summed E-state index contributed by atoms with van der Waals surface area (Å²) in [6.45, 7) is 2.30. The number of nitrogens with one attached hydrogen (secondary N) is 3. The van der Waals surface area contributed by atoms with Crippen LogP contribution in [0.1, 0.15) is 13.3 Å². The first-order valence-electron chi connectivity index (χ1n) is 5.90. The average Bonchev–Trinajstić information content (AvgIpc) is 2.42. The summed E-state index contributed by atoms with van der Waals surface area (Å²) < 4.78 is 26.3. The molecule has 1 heterocycles. The van der Waals surface area contributed by atoms with Crippen molar-refractivity contribution in [2.24, 2.45) is 0 Å². The summed E-state index contributed by atoms with van der Waals surface area (Å²) in [6, 6.07) is 3.28. The lowest BCUT2D eigenvalue weighted by molar-refractivity contribution is -0.119. The van der Waals surface area contributed by atoms with Gasteiger partial charge in [0.05, 0.1) is 12.2 Å². The number of carbonyl (C=O) groups is 1. The summed E-state index contributed by atoms with van der Waals surface area (Å²) in [5.41, 5.74) is 0.425. The molecule has 0 atom stereocenters. The van der Waals surface area contributed by atoms with E-state index in [2.05, 4.69) is 20.3 Å². The van der Waals surface area contributed by atoms with Gasteiger partial charge in [-0.15, -0.1) is 0 Å². The molecule has 0 unspecified atom stereocenters. The fraction of sp³-hybridized carbons (Fsp3) is 0.455. The first-order valence-corrected chi connectivity index (χ1v) is 7.38. The molecule has 0 spiro atoms. The maximum atomic E-state index is 12.0. The standard InChI is InChI=1S/C11H18N4O3S/c1-3-6-13-9-5-4-7-14-11(9)19(17,18)15-8-10(16)12-2/h4-5,7,13,15H,3,6,8H2,1-2H3,(H,12,16). The Balaban J connectivity index is 2.91. The van der Waals surface area contributed by atoms with Gasteiger partial charge >= 0.3 is 0 Å². The maximum Gasteiger partial charge on any atom is 0.260 e. The molecule has 1 aromatic heterocycles. The van der Waals surface area contributed by atoms with Gasteiger partial charge in [-0.2, -0.15) is 0 Å². The van der Waals surface area contributed by atoms with Gasteiger partial charge in [-0.05, 0) is 18.6 Å². The largest absolute Gasteiger partial charge is 0.383 e. The number of anilines is 1. The van der Waals surface area contributed by atoms with Crippen molar-refractivity contribution in [3.8, 4) is 0 Å². The normalized spacial score (nSPS) is 11.1. The van der Waals surface area contributed by atoms with Crippen molar-refractivity contribution >= 4 is 21.6 Å². The zero-order valence-electron chi connectivity index (χ0n) is 10.9. The smallest absolute Gasteiger partial charge is 0.260 e. The molecule has 0 aliphatic carbocycles. The fourth-order valence-corrected chi connectivity index (χ4v) is 2.40. The second kappa shape index (κ2) is 7.05. The number of nitrogens with zero attached hydrogens (tertiary/aromatic N) is 1. The summed E-state index contributed by atoms with van der Waals surface area (Å²) in [4.78, 5) is 14.9. The lowest BCUT2D eigenvalue weighted by atomic mass is 10.4. The second-order valence-electron chi connectivity index (χ2n) is 3.78. The van der Waals surface area contributed by atoms with Crippen molar-refractivity contribution in [2.75, 3.05) is 25.5 Å². The Morgan fingerprint density at radius 1 is 1.42 bits per heavy atom. The predicted octanol–water partition coefficient (Wildman–Crippen LogP) is -0.0722. The van der Waals surface area contributed by atoms with Gasteiger partial charge in [0.2, 0.25) is 5.91 Å². The van der Waals surface area contributed by atoms with Gasteiger partial charge in [0.1, 0.15) is 0 Å². The van der Waals surface area contributed by atoms with Crippen LogP contribution in [0.3, 0.4) is 0 Å². The molecule has 1 aromatic rings. The zero-order chi connectivity index (χ0) is 14.3. The third-order valence-corrected chi connectivity index (χ3v) is 3.65. The third-order valence-electron chi connectivity index (χ3n) is 2.29. The molecular formula is C11H18N4O3S. The second-order valence-corrected chi connectivity index (χ2v) is 5.46. The minimum atomic E-state index is -3.81. The predicted molar refractivity (Wildman–Crippen MR) is 72.3 cm³/mol. The number of sulfonamides is 1. The highest BCUT2D eigenvalue weighted by molar-refractivity contribution is 7.89. The van der Waals surface area contributed by atoms with Gasteiger partial charge in [-0.25, -0.2) is 18.1 Å². The average molecular weight is 286 g/mol. The van der Waals surface area contributed by atoms with Crippen molar-refractivity contribution in [2.45, 2.75) is 18.4 Å². The first kappa shape index (κ1) is 15.4. The molecule has 106 valence electrons. The molecule has 0 bridgehead atoms. The highest BCUT2D eigenvalue weighted by Crippen LogP contribution is 2.17. The number of amides is 1. The topological polar surface area (TPSA) is 100 Å². The summed E-state index contributed by atoms with van der Waals surface area (Å²) in [6.07, 6.45) is 2.26. The van der Waals surface area contributed by atoms with Crippen LogP contribution in [-0.4, -0.2) is 39.4 Å². The van der Waals surface area contributed by atoms with E-state index in [0.29, 0.717) is 12.2 Å². The Morgan fingerprint density at radius 3 is 2.79 bits per heavy atom. The number of aromatic nitrogens is 1. The van der Waals surface area contributed by atoms with E-state index in [1.165, 1.54) is 13.2 Å². The molecule has 7 nitrogen and oxygen atoms in total. The van der Waals surface area contributed by atoms with E-state index in [-0.39, 0.29) is 11.6 Å². The quantitative estimate of drug-likeness (QED) is 0.651. The van der Waals surface area contributed by atoms with Gasteiger partial charge in [-0.1, -0.05) is 6.92 Å². The molecule has 8 heteroatoms. The molecule has 1 amide bonds. The lowest BCUT2D eigenvalue weighted by Gasteiger charge is -2.11. The van der Waals surface area contributed by atoms with E-state index in [9.17, 15) is 13.2 Å². The number of pyridine rings is 1. The summed E-state index contributed by atoms with van der Waals surface area (Å²) in [7, 11) is -2.37. The Bertz CT molecular complexity index is 530. The maximum absolute atomic E-state index is 12.0. The van der Waals surface area contributed by atoms with E-state index < -0.39 is 15.9 Å². The number of rotatable bonds is 7. The monoisotopic (exact) mass is 286 g/mol. The molecule has 0 saturated heterocycles. The van der Waals surface area contributed by atoms with E-state index in [1.54, 1.807) is 12.1 Å². The van der Waals surface area contributed by atoms with Crippen LogP contribution in [0.5, 0.6) is 0 Å². The molecule has 0 radical (unpaired) electrons. The lowest BCUT2D eigenvalue weighted by Crippen LogP contribution is -2.35. The summed E-state index contributed by atoms with van der Waals surface area (Å²) in [5.74, 6) is -0.414. The van der Waals surface area contributed by atoms with Crippen LogP contribution < -0.4 is 15.4 Å². The van der Waals surface area contributed by atoms with Crippen molar-refractivity contribution in [3.63, 3.8) is 0 Å². The summed E-state index contributed by atoms with van der Waals surface area (Å²) >= 11 is 0. The van der Waals surface area contributed by atoms with E-state index >= 15 is 0 Å². The molecule has 0 aromatic carbocycles.